The minimum absolute atomic E-state index is 0.176. The summed E-state index contributed by atoms with van der Waals surface area (Å²) < 4.78 is 10.4. The normalized spacial score (nSPS) is 11.9. The second-order valence-electron chi connectivity index (χ2n) is 4.09. The molecule has 0 radical (unpaired) electrons. The predicted molar refractivity (Wildman–Crippen MR) is 67.1 cm³/mol. The van der Waals surface area contributed by atoms with E-state index in [1.54, 1.807) is 0 Å². The Bertz CT molecular complexity index is 360. The zero-order valence-electron chi connectivity index (χ0n) is 10.7. The predicted octanol–water partition coefficient (Wildman–Crippen LogP) is 2.96. The minimum atomic E-state index is -0.194. The van der Waals surface area contributed by atoms with Gasteiger partial charge in [0.05, 0.1) is 13.0 Å². The Morgan fingerprint density at radius 3 is 2.65 bits per heavy atom. The van der Waals surface area contributed by atoms with Gasteiger partial charge in [0.2, 0.25) is 0 Å². The molecule has 1 unspecified atom stereocenters. The van der Waals surface area contributed by atoms with Crippen LogP contribution in [0.5, 0.6) is 5.75 Å². The van der Waals surface area contributed by atoms with Crippen molar-refractivity contribution in [2.45, 2.75) is 26.7 Å². The van der Waals surface area contributed by atoms with Crippen LogP contribution in [-0.2, 0) is 9.53 Å². The standard InChI is InChI=1S/C14H20O3/c1-4-7-12(14(15)16-3)10-17-13-9-6-5-8-11(13)2/h5-6,8-9,12H,4,7,10H2,1-3H3. The van der Waals surface area contributed by atoms with E-state index in [1.165, 1.54) is 7.11 Å². The van der Waals surface area contributed by atoms with Crippen LogP contribution in [0.1, 0.15) is 25.3 Å². The van der Waals surface area contributed by atoms with Crippen LogP contribution in [0.25, 0.3) is 0 Å². The lowest BCUT2D eigenvalue weighted by Crippen LogP contribution is -2.23. The van der Waals surface area contributed by atoms with Gasteiger partial charge in [-0.05, 0) is 25.0 Å². The second-order valence-corrected chi connectivity index (χ2v) is 4.09. The third-order valence-corrected chi connectivity index (χ3v) is 2.71. The van der Waals surface area contributed by atoms with Crippen LogP contribution in [0.2, 0.25) is 0 Å². The highest BCUT2D eigenvalue weighted by Crippen LogP contribution is 2.18. The van der Waals surface area contributed by atoms with Crippen LogP contribution in [0.15, 0.2) is 24.3 Å². The van der Waals surface area contributed by atoms with Crippen molar-refractivity contribution in [2.75, 3.05) is 13.7 Å². The van der Waals surface area contributed by atoms with Gasteiger partial charge >= 0.3 is 5.97 Å². The average Bonchev–Trinajstić information content (AvgIpc) is 2.35. The first-order chi connectivity index (χ1) is 8.19. The Labute approximate surface area is 103 Å². The van der Waals surface area contributed by atoms with Gasteiger partial charge in [-0.1, -0.05) is 31.5 Å². The number of carbonyl (C=O) groups is 1. The van der Waals surface area contributed by atoms with E-state index in [0.717, 1.165) is 24.2 Å². The molecule has 0 fully saturated rings. The van der Waals surface area contributed by atoms with E-state index in [4.69, 9.17) is 9.47 Å². The number of aryl methyl sites for hydroxylation is 1. The summed E-state index contributed by atoms with van der Waals surface area (Å²) in [6.07, 6.45) is 1.73. The molecule has 1 aromatic carbocycles. The molecule has 0 heterocycles. The molecule has 0 spiro atoms. The van der Waals surface area contributed by atoms with E-state index in [2.05, 4.69) is 0 Å². The molecule has 0 bridgehead atoms. The molecule has 3 nitrogen and oxygen atoms in total. The van der Waals surface area contributed by atoms with Crippen molar-refractivity contribution < 1.29 is 14.3 Å². The number of rotatable bonds is 6. The van der Waals surface area contributed by atoms with E-state index in [9.17, 15) is 4.79 Å². The molecule has 1 aromatic rings. The largest absolute Gasteiger partial charge is 0.492 e. The van der Waals surface area contributed by atoms with Gasteiger partial charge in [0.25, 0.3) is 0 Å². The molecular weight excluding hydrogens is 216 g/mol. The van der Waals surface area contributed by atoms with Crippen molar-refractivity contribution in [1.29, 1.82) is 0 Å². The number of esters is 1. The summed E-state index contributed by atoms with van der Waals surface area (Å²) in [4.78, 5) is 11.5. The number of methoxy groups -OCH3 is 1. The number of hydrogen-bond donors (Lipinski definition) is 0. The van der Waals surface area contributed by atoms with Crippen LogP contribution in [0.3, 0.4) is 0 Å². The highest BCUT2D eigenvalue weighted by atomic mass is 16.5. The van der Waals surface area contributed by atoms with E-state index in [1.807, 2.05) is 38.1 Å². The zero-order chi connectivity index (χ0) is 12.7. The van der Waals surface area contributed by atoms with Gasteiger partial charge in [0, 0.05) is 0 Å². The average molecular weight is 236 g/mol. The number of hydrogen-bond acceptors (Lipinski definition) is 3. The van der Waals surface area contributed by atoms with Gasteiger partial charge in [-0.3, -0.25) is 4.79 Å². The fraction of sp³-hybridized carbons (Fsp3) is 0.500. The maximum Gasteiger partial charge on any atom is 0.312 e. The molecule has 1 rings (SSSR count). The fourth-order valence-electron chi connectivity index (χ4n) is 1.69. The molecule has 94 valence electrons. The van der Waals surface area contributed by atoms with E-state index < -0.39 is 0 Å². The van der Waals surface area contributed by atoms with E-state index in [0.29, 0.717) is 6.61 Å². The van der Waals surface area contributed by atoms with Crippen LogP contribution >= 0.6 is 0 Å². The molecule has 3 heteroatoms. The van der Waals surface area contributed by atoms with Crippen molar-refractivity contribution in [1.82, 2.24) is 0 Å². The lowest BCUT2D eigenvalue weighted by molar-refractivity contribution is -0.146. The van der Waals surface area contributed by atoms with Crippen LogP contribution in [-0.4, -0.2) is 19.7 Å². The third-order valence-electron chi connectivity index (χ3n) is 2.71. The number of carbonyl (C=O) groups excluding carboxylic acids is 1. The van der Waals surface area contributed by atoms with Gasteiger partial charge in [-0.15, -0.1) is 0 Å². The molecule has 17 heavy (non-hydrogen) atoms. The molecule has 0 aliphatic rings. The topological polar surface area (TPSA) is 35.5 Å². The first-order valence-electron chi connectivity index (χ1n) is 5.95. The van der Waals surface area contributed by atoms with Crippen molar-refractivity contribution in [3.8, 4) is 5.75 Å². The van der Waals surface area contributed by atoms with Gasteiger partial charge in [-0.25, -0.2) is 0 Å². The first-order valence-corrected chi connectivity index (χ1v) is 5.95. The molecular formula is C14H20O3. The van der Waals surface area contributed by atoms with Crippen molar-refractivity contribution in [3.63, 3.8) is 0 Å². The number of ether oxygens (including phenoxy) is 2. The van der Waals surface area contributed by atoms with Crippen molar-refractivity contribution in [3.05, 3.63) is 29.8 Å². The third kappa shape index (κ3) is 4.10. The highest BCUT2D eigenvalue weighted by molar-refractivity contribution is 5.72. The van der Waals surface area contributed by atoms with E-state index >= 15 is 0 Å². The minimum Gasteiger partial charge on any atom is -0.492 e. The highest BCUT2D eigenvalue weighted by Gasteiger charge is 2.19. The first kappa shape index (κ1) is 13.6. The lowest BCUT2D eigenvalue weighted by atomic mass is 10.1. The Balaban J connectivity index is 2.57. The Morgan fingerprint density at radius 1 is 1.35 bits per heavy atom. The van der Waals surface area contributed by atoms with E-state index in [-0.39, 0.29) is 11.9 Å². The molecule has 0 N–H and O–H groups in total. The summed E-state index contributed by atoms with van der Waals surface area (Å²) in [7, 11) is 1.42. The number of para-hydroxylation sites is 1. The number of benzene rings is 1. The summed E-state index contributed by atoms with van der Waals surface area (Å²) in [6, 6.07) is 7.79. The van der Waals surface area contributed by atoms with Gasteiger partial charge in [0.15, 0.2) is 0 Å². The molecule has 0 saturated heterocycles. The molecule has 0 amide bonds. The van der Waals surface area contributed by atoms with Gasteiger partial charge < -0.3 is 9.47 Å². The lowest BCUT2D eigenvalue weighted by Gasteiger charge is -2.15. The zero-order valence-corrected chi connectivity index (χ0v) is 10.7. The quantitative estimate of drug-likeness (QED) is 0.712. The van der Waals surface area contributed by atoms with Crippen LogP contribution in [0, 0.1) is 12.8 Å². The molecule has 0 aromatic heterocycles. The summed E-state index contributed by atoms with van der Waals surface area (Å²) in [5.41, 5.74) is 1.08. The fourth-order valence-corrected chi connectivity index (χ4v) is 1.69. The SMILES string of the molecule is CCCC(COc1ccccc1C)C(=O)OC. The van der Waals surface area contributed by atoms with Gasteiger partial charge in [0.1, 0.15) is 12.4 Å². The van der Waals surface area contributed by atoms with Crippen LogP contribution < -0.4 is 4.74 Å². The Hall–Kier alpha value is -1.51. The van der Waals surface area contributed by atoms with Crippen molar-refractivity contribution >= 4 is 5.97 Å². The molecule has 0 aliphatic carbocycles. The summed E-state index contributed by atoms with van der Waals surface area (Å²) in [6.45, 7) is 4.41. The maximum absolute atomic E-state index is 11.5. The Kier molecular flexibility index (Phi) is 5.53. The smallest absolute Gasteiger partial charge is 0.312 e. The molecule has 0 aliphatic heterocycles. The summed E-state index contributed by atoms with van der Waals surface area (Å²) >= 11 is 0. The monoisotopic (exact) mass is 236 g/mol. The maximum atomic E-state index is 11.5. The van der Waals surface area contributed by atoms with Crippen molar-refractivity contribution in [2.24, 2.45) is 5.92 Å². The Morgan fingerprint density at radius 2 is 2.06 bits per heavy atom. The van der Waals surface area contributed by atoms with Gasteiger partial charge in [-0.2, -0.15) is 0 Å². The van der Waals surface area contributed by atoms with Crippen LogP contribution in [0.4, 0.5) is 0 Å². The second kappa shape index (κ2) is 6.94. The summed E-state index contributed by atoms with van der Waals surface area (Å²) in [5.74, 6) is 0.461. The molecule has 0 saturated carbocycles. The summed E-state index contributed by atoms with van der Waals surface area (Å²) in [5, 5.41) is 0. The molecule has 1 atom stereocenters.